The van der Waals surface area contributed by atoms with Gasteiger partial charge in [0, 0.05) is 12.1 Å². The van der Waals surface area contributed by atoms with E-state index in [9.17, 15) is 4.79 Å². The van der Waals surface area contributed by atoms with Crippen LogP contribution in [0.1, 0.15) is 10.4 Å². The van der Waals surface area contributed by atoms with E-state index in [1.165, 1.54) is 32.7 Å². The summed E-state index contributed by atoms with van der Waals surface area (Å²) in [5, 5.41) is 0.606. The summed E-state index contributed by atoms with van der Waals surface area (Å²) >= 11 is 1.45. The minimum Gasteiger partial charge on any atom is -0.493 e. The number of rotatable bonds is 7. The van der Waals surface area contributed by atoms with Crippen molar-refractivity contribution < 1.29 is 19.0 Å². The minimum atomic E-state index is -0.229. The van der Waals surface area contributed by atoms with E-state index in [4.69, 9.17) is 14.2 Å². The molecule has 0 spiro atoms. The number of ether oxygens (including phenoxy) is 3. The normalized spacial score (nSPS) is 10.5. The average Bonchev–Trinajstić information content (AvgIpc) is 3.14. The maximum absolute atomic E-state index is 13.2. The van der Waals surface area contributed by atoms with Gasteiger partial charge in [-0.05, 0) is 24.3 Å². The summed E-state index contributed by atoms with van der Waals surface area (Å²) in [6.45, 7) is 4.09. The van der Waals surface area contributed by atoms with Crippen LogP contribution in [0.2, 0.25) is 0 Å². The fourth-order valence-electron chi connectivity index (χ4n) is 2.71. The lowest BCUT2D eigenvalue weighted by Crippen LogP contribution is -2.31. The number of benzene rings is 2. The number of anilines is 1. The van der Waals surface area contributed by atoms with E-state index < -0.39 is 0 Å². The molecular formula is C20H20N2O4S. The summed E-state index contributed by atoms with van der Waals surface area (Å²) in [5.41, 5.74) is 1.26. The highest BCUT2D eigenvalue weighted by atomic mass is 32.1. The van der Waals surface area contributed by atoms with Gasteiger partial charge in [-0.2, -0.15) is 0 Å². The Kier molecular flexibility index (Phi) is 5.61. The highest BCUT2D eigenvalue weighted by molar-refractivity contribution is 7.22. The van der Waals surface area contributed by atoms with Crippen molar-refractivity contribution in [3.05, 3.63) is 54.6 Å². The smallest absolute Gasteiger partial charge is 0.260 e. The molecule has 3 aromatic rings. The van der Waals surface area contributed by atoms with Gasteiger partial charge in [-0.3, -0.25) is 9.69 Å². The Morgan fingerprint density at radius 3 is 2.37 bits per heavy atom. The second-order valence-electron chi connectivity index (χ2n) is 5.58. The summed E-state index contributed by atoms with van der Waals surface area (Å²) < 4.78 is 17.0. The Morgan fingerprint density at radius 2 is 1.81 bits per heavy atom. The molecule has 3 rings (SSSR count). The first-order valence-electron chi connectivity index (χ1n) is 8.21. The van der Waals surface area contributed by atoms with E-state index in [1.54, 1.807) is 23.1 Å². The molecule has 1 aromatic heterocycles. The summed E-state index contributed by atoms with van der Waals surface area (Å²) in [6.07, 6.45) is 1.67. The molecule has 0 aliphatic heterocycles. The van der Waals surface area contributed by atoms with E-state index in [2.05, 4.69) is 11.6 Å². The monoisotopic (exact) mass is 384 g/mol. The van der Waals surface area contributed by atoms with Gasteiger partial charge >= 0.3 is 0 Å². The molecule has 7 heteroatoms. The van der Waals surface area contributed by atoms with Crippen LogP contribution >= 0.6 is 11.3 Å². The first kappa shape index (κ1) is 18.7. The molecule has 0 saturated carbocycles. The predicted molar refractivity (Wildman–Crippen MR) is 108 cm³/mol. The van der Waals surface area contributed by atoms with Crippen molar-refractivity contribution >= 4 is 32.6 Å². The fraction of sp³-hybridized carbons (Fsp3) is 0.200. The van der Waals surface area contributed by atoms with E-state index >= 15 is 0 Å². The Labute approximate surface area is 161 Å². The topological polar surface area (TPSA) is 60.9 Å². The number of carbonyl (C=O) groups is 1. The third-order valence-corrected chi connectivity index (χ3v) is 5.04. The van der Waals surface area contributed by atoms with Crippen LogP contribution in [0.3, 0.4) is 0 Å². The predicted octanol–water partition coefficient (Wildman–Crippen LogP) is 4.15. The van der Waals surface area contributed by atoms with Gasteiger partial charge in [-0.15, -0.1) is 6.58 Å². The molecular weight excluding hydrogens is 364 g/mol. The summed E-state index contributed by atoms with van der Waals surface area (Å²) in [5.74, 6) is 1.05. The number of methoxy groups -OCH3 is 3. The van der Waals surface area contributed by atoms with Crippen LogP contribution in [0, 0.1) is 0 Å². The lowest BCUT2D eigenvalue weighted by atomic mass is 10.1. The van der Waals surface area contributed by atoms with E-state index in [-0.39, 0.29) is 5.91 Å². The van der Waals surface area contributed by atoms with Crippen molar-refractivity contribution in [1.82, 2.24) is 4.98 Å². The lowest BCUT2D eigenvalue weighted by Gasteiger charge is -2.20. The molecule has 0 saturated heterocycles. The molecule has 0 N–H and O–H groups in total. The number of fused-ring (bicyclic) bond motifs is 1. The van der Waals surface area contributed by atoms with Crippen LogP contribution in [0.25, 0.3) is 10.2 Å². The maximum atomic E-state index is 13.2. The molecule has 1 amide bonds. The first-order chi connectivity index (χ1) is 13.1. The highest BCUT2D eigenvalue weighted by Crippen LogP contribution is 2.39. The van der Waals surface area contributed by atoms with Gasteiger partial charge in [0.1, 0.15) is 0 Å². The zero-order chi connectivity index (χ0) is 19.4. The minimum absolute atomic E-state index is 0.229. The molecule has 6 nitrogen and oxygen atoms in total. The van der Waals surface area contributed by atoms with Gasteiger partial charge in [-0.1, -0.05) is 29.5 Å². The summed E-state index contributed by atoms with van der Waals surface area (Å²) in [6, 6.07) is 11.0. The summed E-state index contributed by atoms with van der Waals surface area (Å²) in [4.78, 5) is 19.4. The molecule has 0 aliphatic rings. The van der Waals surface area contributed by atoms with Crippen molar-refractivity contribution in [3.63, 3.8) is 0 Å². The maximum Gasteiger partial charge on any atom is 0.260 e. The van der Waals surface area contributed by atoms with Crippen molar-refractivity contribution in [1.29, 1.82) is 0 Å². The van der Waals surface area contributed by atoms with Gasteiger partial charge in [0.15, 0.2) is 16.6 Å². The van der Waals surface area contributed by atoms with Crippen LogP contribution in [0.15, 0.2) is 49.1 Å². The molecule has 0 aliphatic carbocycles. The third kappa shape index (κ3) is 3.59. The van der Waals surface area contributed by atoms with Gasteiger partial charge in [0.2, 0.25) is 5.75 Å². The SMILES string of the molecule is C=CCN(C(=O)c1cc(OC)c(OC)c(OC)c1)c1nc2ccccc2s1. The molecule has 140 valence electrons. The Bertz CT molecular complexity index is 925. The zero-order valence-corrected chi connectivity index (χ0v) is 16.2. The number of hydrogen-bond acceptors (Lipinski definition) is 6. The van der Waals surface area contributed by atoms with Crippen LogP contribution in [0.4, 0.5) is 5.13 Å². The van der Waals surface area contributed by atoms with E-state index in [0.717, 1.165) is 10.2 Å². The van der Waals surface area contributed by atoms with Gasteiger partial charge in [-0.25, -0.2) is 4.98 Å². The van der Waals surface area contributed by atoms with Crippen molar-refractivity contribution in [2.45, 2.75) is 0 Å². The average molecular weight is 384 g/mol. The van der Waals surface area contributed by atoms with Crippen molar-refractivity contribution in [2.75, 3.05) is 32.8 Å². The largest absolute Gasteiger partial charge is 0.493 e. The Morgan fingerprint density at radius 1 is 1.15 bits per heavy atom. The number of para-hydroxylation sites is 1. The van der Waals surface area contributed by atoms with Gasteiger partial charge < -0.3 is 14.2 Å². The highest BCUT2D eigenvalue weighted by Gasteiger charge is 2.23. The lowest BCUT2D eigenvalue weighted by molar-refractivity contribution is 0.0989. The van der Waals surface area contributed by atoms with Crippen molar-refractivity contribution in [2.24, 2.45) is 0 Å². The molecule has 2 aromatic carbocycles. The molecule has 0 fully saturated rings. The molecule has 0 radical (unpaired) electrons. The number of amides is 1. The second kappa shape index (κ2) is 8.09. The zero-order valence-electron chi connectivity index (χ0n) is 15.4. The van der Waals surface area contributed by atoms with Gasteiger partial charge in [0.05, 0.1) is 31.5 Å². The molecule has 0 atom stereocenters. The number of nitrogens with zero attached hydrogens (tertiary/aromatic N) is 2. The molecule has 0 unspecified atom stereocenters. The quantitative estimate of drug-likeness (QED) is 0.573. The van der Waals surface area contributed by atoms with E-state index in [1.807, 2.05) is 24.3 Å². The number of carbonyl (C=O) groups excluding carboxylic acids is 1. The standard InChI is InChI=1S/C20H20N2O4S/c1-5-10-22(20-21-14-8-6-7-9-17(14)27-20)19(23)13-11-15(24-2)18(26-4)16(12-13)25-3/h5-9,11-12H,1,10H2,2-4H3. The Hall–Kier alpha value is -3.06. The number of aromatic nitrogens is 1. The van der Waals surface area contributed by atoms with Crippen LogP contribution < -0.4 is 19.1 Å². The fourth-order valence-corrected chi connectivity index (χ4v) is 3.69. The second-order valence-corrected chi connectivity index (χ2v) is 6.59. The first-order valence-corrected chi connectivity index (χ1v) is 9.03. The molecule has 27 heavy (non-hydrogen) atoms. The Balaban J connectivity index is 2.06. The molecule has 1 heterocycles. The number of hydrogen-bond donors (Lipinski definition) is 0. The van der Waals surface area contributed by atoms with E-state index in [0.29, 0.717) is 34.5 Å². The van der Waals surface area contributed by atoms with Crippen LogP contribution in [0.5, 0.6) is 17.2 Å². The van der Waals surface area contributed by atoms with Crippen LogP contribution in [-0.4, -0.2) is 38.8 Å². The van der Waals surface area contributed by atoms with Gasteiger partial charge in [0.25, 0.3) is 5.91 Å². The number of thiazole rings is 1. The molecule has 0 bridgehead atoms. The van der Waals surface area contributed by atoms with Crippen LogP contribution in [-0.2, 0) is 0 Å². The third-order valence-electron chi connectivity index (χ3n) is 3.98. The summed E-state index contributed by atoms with van der Waals surface area (Å²) in [7, 11) is 4.55. The van der Waals surface area contributed by atoms with Crippen molar-refractivity contribution in [3.8, 4) is 17.2 Å².